The molecule has 0 bridgehead atoms. The van der Waals surface area contributed by atoms with Gasteiger partial charge in [-0.25, -0.2) is 0 Å². The maximum Gasteiger partial charge on any atom is 0.258 e. The first kappa shape index (κ1) is 17.1. The molecule has 1 amide bonds. The molecule has 1 N–H and O–H groups in total. The maximum absolute atomic E-state index is 12.2. The molecule has 0 fully saturated rings. The van der Waals surface area contributed by atoms with Crippen molar-refractivity contribution in [2.75, 3.05) is 6.61 Å². The van der Waals surface area contributed by atoms with E-state index in [4.69, 9.17) is 4.74 Å². The highest BCUT2D eigenvalue weighted by Crippen LogP contribution is 2.21. The topological polar surface area (TPSA) is 38.3 Å². The molecule has 0 unspecified atom stereocenters. The van der Waals surface area contributed by atoms with Crippen LogP contribution in [0.3, 0.4) is 0 Å². The van der Waals surface area contributed by atoms with E-state index in [2.05, 4.69) is 25.2 Å². The summed E-state index contributed by atoms with van der Waals surface area (Å²) >= 11 is 0. The predicted molar refractivity (Wildman–Crippen MR) is 93.6 cm³/mol. The second-order valence-corrected chi connectivity index (χ2v) is 6.31. The Morgan fingerprint density at radius 2 is 1.65 bits per heavy atom. The minimum Gasteiger partial charge on any atom is -0.484 e. The van der Waals surface area contributed by atoms with Crippen LogP contribution < -0.4 is 10.1 Å². The smallest absolute Gasteiger partial charge is 0.258 e. The summed E-state index contributed by atoms with van der Waals surface area (Å²) in [5, 5.41) is 3.07. The van der Waals surface area contributed by atoms with E-state index in [1.165, 1.54) is 0 Å². The van der Waals surface area contributed by atoms with Gasteiger partial charge in [-0.2, -0.15) is 0 Å². The average molecular weight is 311 g/mol. The summed E-state index contributed by atoms with van der Waals surface area (Å²) < 4.78 is 5.63. The van der Waals surface area contributed by atoms with Crippen molar-refractivity contribution >= 4 is 5.91 Å². The van der Waals surface area contributed by atoms with E-state index < -0.39 is 0 Å². The molecule has 2 aromatic carbocycles. The normalized spacial score (nSPS) is 12.0. The van der Waals surface area contributed by atoms with Crippen molar-refractivity contribution in [1.29, 1.82) is 0 Å². The Morgan fingerprint density at radius 3 is 2.22 bits per heavy atom. The van der Waals surface area contributed by atoms with E-state index in [-0.39, 0.29) is 18.6 Å². The van der Waals surface area contributed by atoms with Crippen molar-refractivity contribution < 1.29 is 9.53 Å². The lowest BCUT2D eigenvalue weighted by Gasteiger charge is -2.23. The second kappa shape index (κ2) is 7.82. The van der Waals surface area contributed by atoms with E-state index in [0.717, 1.165) is 22.4 Å². The summed E-state index contributed by atoms with van der Waals surface area (Å²) in [5.74, 6) is 0.938. The predicted octanol–water partition coefficient (Wildman–Crippen LogP) is 4.20. The summed E-state index contributed by atoms with van der Waals surface area (Å²) in [4.78, 5) is 12.2. The van der Waals surface area contributed by atoms with Gasteiger partial charge in [-0.3, -0.25) is 4.79 Å². The molecule has 0 radical (unpaired) electrons. The van der Waals surface area contributed by atoms with Crippen LogP contribution in [0.2, 0.25) is 0 Å². The number of amides is 1. The monoisotopic (exact) mass is 311 g/mol. The fourth-order valence-corrected chi connectivity index (χ4v) is 2.68. The van der Waals surface area contributed by atoms with Gasteiger partial charge in [0.15, 0.2) is 6.61 Å². The highest BCUT2D eigenvalue weighted by molar-refractivity contribution is 5.78. The van der Waals surface area contributed by atoms with E-state index in [0.29, 0.717) is 5.92 Å². The van der Waals surface area contributed by atoms with Gasteiger partial charge in [0.1, 0.15) is 5.75 Å². The molecule has 0 aliphatic rings. The molecule has 3 heteroatoms. The van der Waals surface area contributed by atoms with Gasteiger partial charge in [0.05, 0.1) is 6.04 Å². The van der Waals surface area contributed by atoms with E-state index in [9.17, 15) is 4.79 Å². The van der Waals surface area contributed by atoms with Gasteiger partial charge in [0, 0.05) is 0 Å². The quantitative estimate of drug-likeness (QED) is 0.868. The Balaban J connectivity index is 1.97. The van der Waals surface area contributed by atoms with Crippen LogP contribution >= 0.6 is 0 Å². The molecule has 0 aromatic heterocycles. The number of rotatable bonds is 6. The van der Waals surface area contributed by atoms with Crippen LogP contribution in [0.5, 0.6) is 5.75 Å². The Bertz CT molecular complexity index is 630. The summed E-state index contributed by atoms with van der Waals surface area (Å²) in [6.07, 6.45) is 0. The first-order chi connectivity index (χ1) is 11.0. The zero-order valence-corrected chi connectivity index (χ0v) is 14.3. The van der Waals surface area contributed by atoms with Crippen LogP contribution in [0, 0.1) is 19.8 Å². The Labute approximate surface area is 138 Å². The van der Waals surface area contributed by atoms with Crippen LogP contribution in [0.15, 0.2) is 48.5 Å². The van der Waals surface area contributed by atoms with Crippen molar-refractivity contribution in [3.63, 3.8) is 0 Å². The molecule has 2 rings (SSSR count). The number of benzene rings is 2. The van der Waals surface area contributed by atoms with Crippen molar-refractivity contribution in [3.05, 3.63) is 65.2 Å². The molecule has 0 heterocycles. The maximum atomic E-state index is 12.2. The fraction of sp³-hybridized carbons (Fsp3) is 0.350. The molecular formula is C20H25NO2. The summed E-state index contributed by atoms with van der Waals surface area (Å²) in [5.41, 5.74) is 3.37. The van der Waals surface area contributed by atoms with Crippen LogP contribution in [-0.4, -0.2) is 12.5 Å². The fourth-order valence-electron chi connectivity index (χ4n) is 2.68. The summed E-state index contributed by atoms with van der Waals surface area (Å²) in [6, 6.07) is 16.0. The standard InChI is InChI=1S/C20H25NO2/c1-14(2)20(17-8-6-5-7-9-17)21-19(22)13-23-18-11-15(3)10-16(4)12-18/h5-12,14,20H,13H2,1-4H3,(H,21,22)/t20-/m0/s1. The third kappa shape index (κ3) is 5.13. The number of ether oxygens (including phenoxy) is 1. The first-order valence-corrected chi connectivity index (χ1v) is 8.01. The number of hydrogen-bond acceptors (Lipinski definition) is 2. The number of carbonyl (C=O) groups is 1. The molecule has 2 aromatic rings. The molecule has 0 spiro atoms. The average Bonchev–Trinajstić information content (AvgIpc) is 2.50. The van der Waals surface area contributed by atoms with Crippen molar-refractivity contribution in [2.24, 2.45) is 5.92 Å². The van der Waals surface area contributed by atoms with Gasteiger partial charge in [0.2, 0.25) is 0 Å². The van der Waals surface area contributed by atoms with E-state index in [1.54, 1.807) is 0 Å². The molecule has 0 aliphatic heterocycles. The second-order valence-electron chi connectivity index (χ2n) is 6.31. The first-order valence-electron chi connectivity index (χ1n) is 8.01. The molecular weight excluding hydrogens is 286 g/mol. The number of aryl methyl sites for hydroxylation is 2. The third-order valence-corrected chi connectivity index (χ3v) is 3.71. The Kier molecular flexibility index (Phi) is 5.80. The lowest BCUT2D eigenvalue weighted by atomic mass is 9.96. The van der Waals surface area contributed by atoms with Crippen molar-refractivity contribution in [1.82, 2.24) is 5.32 Å². The number of carbonyl (C=O) groups excluding carboxylic acids is 1. The summed E-state index contributed by atoms with van der Waals surface area (Å²) in [6.45, 7) is 8.26. The highest BCUT2D eigenvalue weighted by Gasteiger charge is 2.18. The zero-order chi connectivity index (χ0) is 16.8. The molecule has 0 aliphatic carbocycles. The van der Waals surface area contributed by atoms with Gasteiger partial charge in [-0.05, 0) is 48.6 Å². The van der Waals surface area contributed by atoms with Crippen LogP contribution in [0.4, 0.5) is 0 Å². The number of nitrogens with one attached hydrogen (secondary N) is 1. The van der Waals surface area contributed by atoms with E-state index >= 15 is 0 Å². The van der Waals surface area contributed by atoms with Gasteiger partial charge >= 0.3 is 0 Å². The van der Waals surface area contributed by atoms with E-state index in [1.807, 2.05) is 56.3 Å². The van der Waals surface area contributed by atoms with Gasteiger partial charge in [-0.15, -0.1) is 0 Å². The Hall–Kier alpha value is -2.29. The van der Waals surface area contributed by atoms with Crippen LogP contribution in [-0.2, 0) is 4.79 Å². The zero-order valence-electron chi connectivity index (χ0n) is 14.3. The Morgan fingerprint density at radius 1 is 1.04 bits per heavy atom. The molecule has 0 saturated heterocycles. The number of hydrogen-bond donors (Lipinski definition) is 1. The van der Waals surface area contributed by atoms with Crippen LogP contribution in [0.25, 0.3) is 0 Å². The lowest BCUT2D eigenvalue weighted by molar-refractivity contribution is -0.124. The van der Waals surface area contributed by atoms with Crippen molar-refractivity contribution in [3.8, 4) is 5.75 Å². The lowest BCUT2D eigenvalue weighted by Crippen LogP contribution is -2.35. The van der Waals surface area contributed by atoms with Crippen molar-refractivity contribution in [2.45, 2.75) is 33.7 Å². The van der Waals surface area contributed by atoms with Gasteiger partial charge in [-0.1, -0.05) is 50.2 Å². The summed E-state index contributed by atoms with van der Waals surface area (Å²) in [7, 11) is 0. The highest BCUT2D eigenvalue weighted by atomic mass is 16.5. The molecule has 23 heavy (non-hydrogen) atoms. The minimum atomic E-state index is -0.105. The third-order valence-electron chi connectivity index (χ3n) is 3.71. The molecule has 122 valence electrons. The largest absolute Gasteiger partial charge is 0.484 e. The SMILES string of the molecule is Cc1cc(C)cc(OCC(=O)N[C@H](c2ccccc2)C(C)C)c1. The minimum absolute atomic E-state index is 0.00783. The molecule has 0 saturated carbocycles. The van der Waals surface area contributed by atoms with Crippen LogP contribution in [0.1, 0.15) is 36.6 Å². The molecule has 3 nitrogen and oxygen atoms in total. The van der Waals surface area contributed by atoms with Gasteiger partial charge < -0.3 is 10.1 Å². The molecule has 1 atom stereocenters. The van der Waals surface area contributed by atoms with Gasteiger partial charge in [0.25, 0.3) is 5.91 Å².